The van der Waals surface area contributed by atoms with E-state index in [4.69, 9.17) is 0 Å². The van der Waals surface area contributed by atoms with Gasteiger partial charge in [0.15, 0.2) is 0 Å². The summed E-state index contributed by atoms with van der Waals surface area (Å²) < 4.78 is 28.0. The highest BCUT2D eigenvalue weighted by atomic mass is 32.2. The maximum atomic E-state index is 12.9. The van der Waals surface area contributed by atoms with Gasteiger partial charge in [-0.1, -0.05) is 49.2 Å². The summed E-state index contributed by atoms with van der Waals surface area (Å²) in [5.74, 6) is 0.558. The molecule has 1 aliphatic carbocycles. The topological polar surface area (TPSA) is 78.5 Å². The maximum absolute atomic E-state index is 12.9. The Morgan fingerprint density at radius 2 is 1.74 bits per heavy atom. The zero-order valence-corrected chi connectivity index (χ0v) is 19.3. The SMILES string of the molecule is O=C(CN1CCC(NS(=O)(=O)c2cccs2)CC1)NC(c1ccccc1)C1CCCC1. The zero-order chi connectivity index (χ0) is 21.7. The molecule has 1 aromatic heterocycles. The van der Waals surface area contributed by atoms with Crippen LogP contribution in [0.2, 0.25) is 0 Å². The number of carbonyl (C=O) groups excluding carboxylic acids is 1. The second kappa shape index (κ2) is 10.3. The van der Waals surface area contributed by atoms with Crippen molar-refractivity contribution in [2.24, 2.45) is 5.92 Å². The third-order valence-electron chi connectivity index (χ3n) is 6.38. The van der Waals surface area contributed by atoms with Crippen molar-refractivity contribution in [3.63, 3.8) is 0 Å². The van der Waals surface area contributed by atoms with E-state index < -0.39 is 10.0 Å². The van der Waals surface area contributed by atoms with Crippen LogP contribution in [0, 0.1) is 5.92 Å². The van der Waals surface area contributed by atoms with Crippen molar-refractivity contribution in [3.05, 3.63) is 53.4 Å². The second-order valence-electron chi connectivity index (χ2n) is 8.60. The van der Waals surface area contributed by atoms with E-state index in [2.05, 4.69) is 27.1 Å². The van der Waals surface area contributed by atoms with Crippen molar-refractivity contribution in [1.82, 2.24) is 14.9 Å². The molecular formula is C23H31N3O3S2. The number of benzene rings is 1. The van der Waals surface area contributed by atoms with Gasteiger partial charge in [-0.15, -0.1) is 11.3 Å². The molecule has 2 aromatic rings. The highest BCUT2D eigenvalue weighted by Gasteiger charge is 2.29. The molecule has 0 radical (unpaired) electrons. The number of nitrogens with zero attached hydrogens (tertiary/aromatic N) is 1. The Bertz CT molecular complexity index is 934. The number of nitrogens with one attached hydrogen (secondary N) is 2. The number of piperidine rings is 1. The minimum absolute atomic E-state index is 0.0540. The number of sulfonamides is 1. The van der Waals surface area contributed by atoms with Crippen molar-refractivity contribution in [1.29, 1.82) is 0 Å². The molecule has 1 amide bonds. The molecule has 6 nitrogen and oxygen atoms in total. The molecule has 1 saturated carbocycles. The van der Waals surface area contributed by atoms with E-state index in [1.54, 1.807) is 17.5 Å². The first-order valence-corrected chi connectivity index (χ1v) is 13.5. The summed E-state index contributed by atoms with van der Waals surface area (Å²) in [4.78, 5) is 15.0. The first kappa shape index (κ1) is 22.5. The molecule has 31 heavy (non-hydrogen) atoms. The summed E-state index contributed by atoms with van der Waals surface area (Å²) in [7, 11) is -3.44. The molecule has 0 spiro atoms. The molecule has 8 heteroatoms. The standard InChI is InChI=1S/C23H31N3O3S2/c27-21(24-23(19-9-4-5-10-19)18-7-2-1-3-8-18)17-26-14-12-20(13-15-26)25-31(28,29)22-11-6-16-30-22/h1-3,6-8,11,16,19-20,23,25H,4-5,9-10,12-15,17H2,(H,24,27). The fraction of sp³-hybridized carbons (Fsp3) is 0.522. The molecular weight excluding hydrogens is 430 g/mol. The summed E-state index contributed by atoms with van der Waals surface area (Å²) in [6.45, 7) is 1.79. The Labute approximate surface area is 189 Å². The molecule has 2 heterocycles. The van der Waals surface area contributed by atoms with Crippen molar-refractivity contribution in [2.45, 2.75) is 54.8 Å². The maximum Gasteiger partial charge on any atom is 0.250 e. The lowest BCUT2D eigenvalue weighted by molar-refractivity contribution is -0.123. The molecule has 168 valence electrons. The number of hydrogen-bond donors (Lipinski definition) is 2. The van der Waals surface area contributed by atoms with E-state index in [0.717, 1.165) is 12.8 Å². The van der Waals surface area contributed by atoms with Gasteiger partial charge in [-0.2, -0.15) is 0 Å². The molecule has 1 saturated heterocycles. The van der Waals surface area contributed by atoms with E-state index >= 15 is 0 Å². The molecule has 2 fully saturated rings. The average Bonchev–Trinajstić information content (AvgIpc) is 3.49. The largest absolute Gasteiger partial charge is 0.348 e. The summed E-state index contributed by atoms with van der Waals surface area (Å²) in [5, 5.41) is 5.07. The van der Waals surface area contributed by atoms with E-state index in [9.17, 15) is 13.2 Å². The number of carbonyl (C=O) groups is 1. The first-order valence-electron chi connectivity index (χ1n) is 11.1. The van der Waals surface area contributed by atoms with Gasteiger partial charge in [0.1, 0.15) is 4.21 Å². The van der Waals surface area contributed by atoms with Crippen LogP contribution in [0.3, 0.4) is 0 Å². The molecule has 2 aliphatic rings. The highest BCUT2D eigenvalue weighted by Crippen LogP contribution is 2.35. The Hall–Kier alpha value is -1.74. The minimum atomic E-state index is -3.44. The van der Waals surface area contributed by atoms with E-state index in [1.807, 2.05) is 18.2 Å². The third-order valence-corrected chi connectivity index (χ3v) is 9.30. The molecule has 1 aromatic carbocycles. The fourth-order valence-corrected chi connectivity index (χ4v) is 7.06. The second-order valence-corrected chi connectivity index (χ2v) is 11.5. The van der Waals surface area contributed by atoms with Crippen molar-refractivity contribution < 1.29 is 13.2 Å². The van der Waals surface area contributed by atoms with Crippen LogP contribution < -0.4 is 10.0 Å². The molecule has 4 rings (SSSR count). The predicted octanol–water partition coefficient (Wildman–Crippen LogP) is 3.54. The normalized spacial score (nSPS) is 20.0. The molecule has 2 N–H and O–H groups in total. The van der Waals surface area contributed by atoms with Gasteiger partial charge >= 0.3 is 0 Å². The van der Waals surface area contributed by atoms with Gasteiger partial charge < -0.3 is 5.32 Å². The zero-order valence-electron chi connectivity index (χ0n) is 17.7. The highest BCUT2D eigenvalue weighted by molar-refractivity contribution is 7.91. The number of hydrogen-bond acceptors (Lipinski definition) is 5. The Balaban J connectivity index is 1.28. The van der Waals surface area contributed by atoms with Gasteiger partial charge in [-0.3, -0.25) is 9.69 Å². The summed E-state index contributed by atoms with van der Waals surface area (Å²) >= 11 is 1.23. The van der Waals surface area contributed by atoms with Crippen LogP contribution in [0.25, 0.3) is 0 Å². The van der Waals surface area contributed by atoms with Crippen LogP contribution in [0.4, 0.5) is 0 Å². The van der Waals surface area contributed by atoms with E-state index in [0.29, 0.717) is 42.6 Å². The minimum Gasteiger partial charge on any atom is -0.348 e. The van der Waals surface area contributed by atoms with Gasteiger partial charge in [0.2, 0.25) is 15.9 Å². The molecule has 1 atom stereocenters. The van der Waals surface area contributed by atoms with Gasteiger partial charge in [0, 0.05) is 19.1 Å². The fourth-order valence-electron chi connectivity index (χ4n) is 4.75. The summed E-state index contributed by atoms with van der Waals surface area (Å²) in [5.41, 5.74) is 1.18. The first-order chi connectivity index (χ1) is 15.0. The molecule has 1 unspecified atom stereocenters. The smallest absolute Gasteiger partial charge is 0.250 e. The van der Waals surface area contributed by atoms with Gasteiger partial charge in [-0.05, 0) is 48.6 Å². The quantitative estimate of drug-likeness (QED) is 0.630. The van der Waals surface area contributed by atoms with E-state index in [1.165, 1.54) is 29.7 Å². The van der Waals surface area contributed by atoms with Crippen molar-refractivity contribution in [3.8, 4) is 0 Å². The number of thiophene rings is 1. The predicted molar refractivity (Wildman–Crippen MR) is 123 cm³/mol. The summed E-state index contributed by atoms with van der Waals surface area (Å²) in [6, 6.07) is 13.6. The van der Waals surface area contributed by atoms with Gasteiger partial charge in [0.05, 0.1) is 12.6 Å². The monoisotopic (exact) mass is 461 g/mol. The lowest BCUT2D eigenvalue weighted by Gasteiger charge is -2.32. The van der Waals surface area contributed by atoms with Crippen molar-refractivity contribution in [2.75, 3.05) is 19.6 Å². The van der Waals surface area contributed by atoms with Crippen LogP contribution in [-0.4, -0.2) is 44.9 Å². The third kappa shape index (κ3) is 5.94. The summed E-state index contributed by atoms with van der Waals surface area (Å²) in [6.07, 6.45) is 6.22. The van der Waals surface area contributed by atoms with Crippen LogP contribution >= 0.6 is 11.3 Å². The van der Waals surface area contributed by atoms with Gasteiger partial charge in [-0.25, -0.2) is 13.1 Å². The van der Waals surface area contributed by atoms with Crippen LogP contribution in [0.15, 0.2) is 52.1 Å². The average molecular weight is 462 g/mol. The number of likely N-dealkylation sites (tertiary alicyclic amines) is 1. The van der Waals surface area contributed by atoms with E-state index in [-0.39, 0.29) is 18.0 Å². The number of rotatable bonds is 8. The Morgan fingerprint density at radius 1 is 1.03 bits per heavy atom. The lowest BCUT2D eigenvalue weighted by Crippen LogP contribution is -2.48. The van der Waals surface area contributed by atoms with Crippen LogP contribution in [0.5, 0.6) is 0 Å². The van der Waals surface area contributed by atoms with Crippen LogP contribution in [0.1, 0.15) is 50.1 Å². The van der Waals surface area contributed by atoms with Crippen LogP contribution in [-0.2, 0) is 14.8 Å². The number of amides is 1. The Kier molecular flexibility index (Phi) is 7.43. The Morgan fingerprint density at radius 3 is 2.39 bits per heavy atom. The lowest BCUT2D eigenvalue weighted by atomic mass is 9.91. The molecule has 1 aliphatic heterocycles. The van der Waals surface area contributed by atoms with Crippen molar-refractivity contribution >= 4 is 27.3 Å². The van der Waals surface area contributed by atoms with Gasteiger partial charge in [0.25, 0.3) is 0 Å². The molecule has 0 bridgehead atoms.